The number of thiophene rings is 1. The van der Waals surface area contributed by atoms with Gasteiger partial charge in [0.05, 0.1) is 21.9 Å². The zero-order chi connectivity index (χ0) is 39.0. The topological polar surface area (TPSA) is 38.9 Å². The van der Waals surface area contributed by atoms with Crippen LogP contribution in [0.4, 0.5) is 0 Å². The molecule has 0 spiro atoms. The van der Waals surface area contributed by atoms with Gasteiger partial charge in [-0.05, 0) is 46.5 Å². The lowest BCUT2D eigenvalue weighted by molar-refractivity contribution is 0.667. The van der Waals surface area contributed by atoms with Gasteiger partial charge in [0.25, 0.3) is 0 Å². The number of fused-ring (bicyclic) bond motifs is 6. The predicted octanol–water partition coefficient (Wildman–Crippen LogP) is 9.74. The molecule has 38 heavy (non-hydrogen) atoms. The summed E-state index contributed by atoms with van der Waals surface area (Å²) in [6.45, 7) is 0. The highest BCUT2D eigenvalue weighted by atomic mass is 32.1. The third kappa shape index (κ3) is 3.28. The Kier molecular flexibility index (Phi) is 2.40. The third-order valence-corrected chi connectivity index (χ3v) is 7.21. The molecule has 0 saturated heterocycles. The van der Waals surface area contributed by atoms with Crippen LogP contribution < -0.4 is 0 Å². The smallest absolute Gasteiger partial charge is 0.180 e. The monoisotopic (exact) mass is 520 g/mol. The van der Waals surface area contributed by atoms with Crippen molar-refractivity contribution in [1.29, 1.82) is 0 Å². The molecule has 8 aromatic rings. The summed E-state index contributed by atoms with van der Waals surface area (Å²) < 4.78 is 143. The Morgan fingerprint density at radius 3 is 2.39 bits per heavy atom. The van der Waals surface area contributed by atoms with Crippen LogP contribution in [0.25, 0.3) is 75.8 Å². The Bertz CT molecular complexity index is 3000. The van der Waals surface area contributed by atoms with Crippen molar-refractivity contribution < 1.29 is 26.3 Å². The Morgan fingerprint density at radius 2 is 1.45 bits per heavy atom. The Labute approximate surface area is 245 Å². The summed E-state index contributed by atoms with van der Waals surface area (Å²) in [5.41, 5.74) is -0.302. The molecule has 0 saturated carbocycles. The molecular formula is C34H20N2OS. The van der Waals surface area contributed by atoms with E-state index < -0.39 is 96.7 Å². The zero-order valence-corrected chi connectivity index (χ0v) is 19.8. The van der Waals surface area contributed by atoms with E-state index in [1.54, 1.807) is 0 Å². The van der Waals surface area contributed by atoms with E-state index in [1.807, 2.05) is 0 Å². The minimum absolute atomic E-state index is 0.00223. The summed E-state index contributed by atoms with van der Waals surface area (Å²) in [5.74, 6) is 0. The molecular weight excluding hydrogens is 484 g/mol. The van der Waals surface area contributed by atoms with Crippen molar-refractivity contribution in [3.63, 3.8) is 0 Å². The standard InChI is InChI=1S/C34H20N2OS/c1-2-8-21(9-3-1)31-33-32(36-20-35-31)28-19-23(16-17-29(28)37-33)22-10-6-11-24(18-22)25-13-7-14-27-26-12-4-5-15-30(26)38-34(25)27/h1-20H/i1D,2D,3D,4D,5D,6D,7D,8D,9D,10D,11D,12D,13D,14D,15D,18D. The first-order valence-corrected chi connectivity index (χ1v) is 12.1. The normalized spacial score (nSPS) is 17.6. The van der Waals surface area contributed by atoms with Crippen molar-refractivity contribution in [3.8, 4) is 33.5 Å². The quantitative estimate of drug-likeness (QED) is 0.233. The molecule has 0 unspecified atom stereocenters. The summed E-state index contributed by atoms with van der Waals surface area (Å²) in [4.78, 5) is 8.52. The summed E-state index contributed by atoms with van der Waals surface area (Å²) in [6, 6.07) is -3.98. The molecule has 0 atom stereocenters. The first-order valence-electron chi connectivity index (χ1n) is 19.3. The zero-order valence-electron chi connectivity index (χ0n) is 35.0. The van der Waals surface area contributed by atoms with Crippen LogP contribution in [-0.4, -0.2) is 9.97 Å². The van der Waals surface area contributed by atoms with Gasteiger partial charge in [-0.15, -0.1) is 11.3 Å². The molecule has 0 bridgehead atoms. The van der Waals surface area contributed by atoms with Gasteiger partial charge < -0.3 is 4.42 Å². The van der Waals surface area contributed by atoms with Crippen LogP contribution in [0, 0.1) is 0 Å². The van der Waals surface area contributed by atoms with Crippen molar-refractivity contribution in [2.24, 2.45) is 0 Å². The molecule has 8 rings (SSSR count). The Morgan fingerprint density at radius 1 is 0.658 bits per heavy atom. The van der Waals surface area contributed by atoms with E-state index in [1.165, 1.54) is 18.2 Å². The van der Waals surface area contributed by atoms with Gasteiger partial charge in [-0.1, -0.05) is 90.7 Å². The van der Waals surface area contributed by atoms with Crippen LogP contribution in [0.15, 0.2) is 126 Å². The second-order valence-corrected chi connectivity index (χ2v) is 9.24. The molecule has 3 aromatic heterocycles. The fourth-order valence-corrected chi connectivity index (χ4v) is 5.47. The molecule has 5 aromatic carbocycles. The second-order valence-electron chi connectivity index (χ2n) is 8.22. The van der Waals surface area contributed by atoms with Gasteiger partial charge in [-0.25, -0.2) is 9.97 Å². The average molecular weight is 521 g/mol. The van der Waals surface area contributed by atoms with E-state index in [0.717, 1.165) is 17.7 Å². The molecule has 0 fully saturated rings. The average Bonchev–Trinajstić information content (AvgIpc) is 3.74. The van der Waals surface area contributed by atoms with Gasteiger partial charge in [-0.2, -0.15) is 0 Å². The molecule has 0 aliphatic rings. The number of hydrogen-bond acceptors (Lipinski definition) is 4. The van der Waals surface area contributed by atoms with E-state index in [0.29, 0.717) is 5.39 Å². The summed E-state index contributed by atoms with van der Waals surface area (Å²) >= 11 is 0.825. The molecule has 4 heteroatoms. The highest BCUT2D eigenvalue weighted by Crippen LogP contribution is 2.41. The third-order valence-electron chi connectivity index (χ3n) is 6.09. The van der Waals surface area contributed by atoms with E-state index in [4.69, 9.17) is 25.0 Å². The van der Waals surface area contributed by atoms with Crippen LogP contribution in [0.1, 0.15) is 21.9 Å². The van der Waals surface area contributed by atoms with Gasteiger partial charge in [0.1, 0.15) is 23.1 Å². The SMILES string of the molecule is [2H]c1c([2H])c([2H])c(-c2ncnc3c2oc2ccc(-c4c([2H])c([2H])c([2H])c(-c5c([2H])c([2H])c([2H])c6c5sc5c([2H])c([2H])c([2H])c([2H])c56)c4[2H])cc23)c([2H])c1[2H]. The van der Waals surface area contributed by atoms with Crippen molar-refractivity contribution in [2.45, 2.75) is 0 Å². The molecule has 0 aliphatic heterocycles. The van der Waals surface area contributed by atoms with Crippen LogP contribution in [0.2, 0.25) is 0 Å². The maximum atomic E-state index is 9.38. The van der Waals surface area contributed by atoms with Gasteiger partial charge in [0, 0.05) is 31.1 Å². The number of hydrogen-bond donors (Lipinski definition) is 0. The highest BCUT2D eigenvalue weighted by molar-refractivity contribution is 7.26. The molecule has 0 N–H and O–H groups in total. The molecule has 0 aliphatic carbocycles. The van der Waals surface area contributed by atoms with E-state index in [9.17, 15) is 1.37 Å². The van der Waals surface area contributed by atoms with Crippen molar-refractivity contribution in [3.05, 3.63) is 121 Å². The maximum Gasteiger partial charge on any atom is 0.180 e. The number of aromatic nitrogens is 2. The Hall–Kier alpha value is -4.80. The largest absolute Gasteiger partial charge is 0.452 e. The number of rotatable bonds is 3. The van der Waals surface area contributed by atoms with Gasteiger partial charge in [0.2, 0.25) is 0 Å². The summed E-state index contributed by atoms with van der Waals surface area (Å²) in [6.07, 6.45) is 1.14. The van der Waals surface area contributed by atoms with Crippen LogP contribution in [-0.2, 0) is 0 Å². The molecule has 0 amide bonds. The second kappa shape index (κ2) is 8.37. The fourth-order valence-electron chi connectivity index (χ4n) is 4.40. The number of furan rings is 1. The minimum atomic E-state index is -0.618. The predicted molar refractivity (Wildman–Crippen MR) is 159 cm³/mol. The van der Waals surface area contributed by atoms with Gasteiger partial charge in [0.15, 0.2) is 5.58 Å². The number of nitrogens with zero attached hydrogens (tertiary/aromatic N) is 2. The molecule has 3 nitrogen and oxygen atoms in total. The molecule has 178 valence electrons. The first kappa shape index (κ1) is 10.9. The van der Waals surface area contributed by atoms with Crippen molar-refractivity contribution in [2.75, 3.05) is 0 Å². The van der Waals surface area contributed by atoms with Gasteiger partial charge in [-0.3, -0.25) is 0 Å². The first-order chi connectivity index (χ1) is 25.5. The molecule has 0 radical (unpaired) electrons. The summed E-state index contributed by atoms with van der Waals surface area (Å²) in [7, 11) is 0. The number of benzene rings is 5. The lowest BCUT2D eigenvalue weighted by Gasteiger charge is -2.08. The van der Waals surface area contributed by atoms with Crippen molar-refractivity contribution >= 4 is 53.6 Å². The van der Waals surface area contributed by atoms with Crippen LogP contribution in [0.3, 0.4) is 0 Å². The van der Waals surface area contributed by atoms with E-state index in [2.05, 4.69) is 9.97 Å². The fraction of sp³-hybridized carbons (Fsp3) is 0. The van der Waals surface area contributed by atoms with E-state index in [-0.39, 0.29) is 70.4 Å². The van der Waals surface area contributed by atoms with Crippen molar-refractivity contribution in [1.82, 2.24) is 9.97 Å². The Balaban J connectivity index is 1.42. The maximum absolute atomic E-state index is 9.38. The van der Waals surface area contributed by atoms with Gasteiger partial charge >= 0.3 is 0 Å². The summed E-state index contributed by atoms with van der Waals surface area (Å²) in [5, 5.41) is 0.231. The van der Waals surface area contributed by atoms with Crippen LogP contribution in [0.5, 0.6) is 0 Å². The van der Waals surface area contributed by atoms with E-state index >= 15 is 0 Å². The molecule has 3 heterocycles. The lowest BCUT2D eigenvalue weighted by Crippen LogP contribution is -1.86. The highest BCUT2D eigenvalue weighted by Gasteiger charge is 2.16. The lowest BCUT2D eigenvalue weighted by atomic mass is 9.97. The van der Waals surface area contributed by atoms with Crippen LogP contribution >= 0.6 is 11.3 Å². The minimum Gasteiger partial charge on any atom is -0.452 e.